The van der Waals surface area contributed by atoms with Crippen LogP contribution in [0.3, 0.4) is 0 Å². The summed E-state index contributed by atoms with van der Waals surface area (Å²) in [4.78, 5) is 7.32. The second kappa shape index (κ2) is 23.2. The van der Waals surface area contributed by atoms with Crippen molar-refractivity contribution in [2.75, 3.05) is 14.7 Å². The van der Waals surface area contributed by atoms with Crippen LogP contribution in [-0.2, 0) is 19.3 Å². The fourth-order valence-corrected chi connectivity index (χ4v) is 10.8. The van der Waals surface area contributed by atoms with E-state index in [1.807, 2.05) is 0 Å². The first-order valence-electron chi connectivity index (χ1n) is 27.1. The molecule has 10 aromatic carbocycles. The lowest BCUT2D eigenvalue weighted by atomic mass is 9.92. The van der Waals surface area contributed by atoms with Crippen LogP contribution >= 0.6 is 0 Å². The topological polar surface area (TPSA) is 9.72 Å². The Morgan fingerprint density at radius 1 is 0.240 bits per heavy atom. The van der Waals surface area contributed by atoms with E-state index in [4.69, 9.17) is 0 Å². The molecule has 0 aliphatic heterocycles. The summed E-state index contributed by atoms with van der Waals surface area (Å²) in [5.74, 6) is 0. The lowest BCUT2D eigenvalue weighted by Gasteiger charge is -2.29. The number of hydrogen-bond acceptors (Lipinski definition) is 3. The van der Waals surface area contributed by atoms with E-state index < -0.39 is 0 Å². The highest BCUT2D eigenvalue weighted by Crippen LogP contribution is 2.44. The Labute approximate surface area is 447 Å². The minimum absolute atomic E-state index is 1.01. The zero-order valence-electron chi connectivity index (χ0n) is 44.6. The van der Waals surface area contributed by atoms with Crippen LogP contribution in [0.1, 0.15) is 73.4 Å². The van der Waals surface area contributed by atoms with Crippen LogP contribution in [-0.4, -0.2) is 0 Å². The van der Waals surface area contributed by atoms with E-state index in [2.05, 4.69) is 293 Å². The molecular weight excluding hydrogens is 907 g/mol. The number of benzene rings is 10. The summed E-state index contributed by atoms with van der Waals surface area (Å²) in [5.41, 5.74) is 25.4. The molecule has 0 radical (unpaired) electrons. The van der Waals surface area contributed by atoms with Gasteiger partial charge in [0.1, 0.15) is 0 Å². The number of aryl methyl sites for hydroxylation is 6. The van der Waals surface area contributed by atoms with Crippen molar-refractivity contribution in [3.63, 3.8) is 0 Å². The Morgan fingerprint density at radius 2 is 0.467 bits per heavy atom. The van der Waals surface area contributed by atoms with Gasteiger partial charge in [-0.15, -0.1) is 0 Å². The first kappa shape index (κ1) is 50.1. The highest BCUT2D eigenvalue weighted by molar-refractivity contribution is 5.87. The van der Waals surface area contributed by atoms with Crippen molar-refractivity contribution in [2.24, 2.45) is 0 Å². The molecule has 0 aliphatic carbocycles. The molecule has 10 aromatic rings. The molecule has 3 heteroatoms. The Bertz CT molecular complexity index is 3130. The molecule has 0 heterocycles. The van der Waals surface area contributed by atoms with Gasteiger partial charge in [0.2, 0.25) is 0 Å². The molecule has 0 saturated carbocycles. The molecule has 0 spiro atoms. The van der Waals surface area contributed by atoms with Crippen molar-refractivity contribution in [3.8, 4) is 33.4 Å². The minimum Gasteiger partial charge on any atom is -0.310 e. The standard InChI is InChI=1S/C72H69N3/c1-7-22-58-28-13-19-34-70(58)73(67-31-16-10-25-52(67)4)64-43-37-55(38-44-64)61-49-62(56-39-45-65(46-40-56)74(68-32-17-11-26-53(68)5)71-35-20-14-29-59(71)23-8-2)51-63(50-61)57-41-47-66(48-42-57)75(69-33-18-12-27-54(69)6)72-36-21-15-30-60(72)24-9-3/h10-21,25-51H,7-9,22-24H2,1-6H3. The maximum atomic E-state index is 2.44. The van der Waals surface area contributed by atoms with Gasteiger partial charge in [-0.25, -0.2) is 0 Å². The highest BCUT2D eigenvalue weighted by atomic mass is 15.2. The summed E-state index contributed by atoms with van der Waals surface area (Å²) in [6.45, 7) is 13.4. The van der Waals surface area contributed by atoms with Gasteiger partial charge in [0.25, 0.3) is 0 Å². The monoisotopic (exact) mass is 976 g/mol. The van der Waals surface area contributed by atoms with E-state index >= 15 is 0 Å². The number of anilines is 9. The number of rotatable bonds is 18. The molecule has 372 valence electrons. The third-order valence-corrected chi connectivity index (χ3v) is 14.6. The van der Waals surface area contributed by atoms with Crippen molar-refractivity contribution < 1.29 is 0 Å². The summed E-state index contributed by atoms with van der Waals surface area (Å²) < 4.78 is 0. The molecule has 75 heavy (non-hydrogen) atoms. The Hall–Kier alpha value is -8.40. The van der Waals surface area contributed by atoms with Crippen LogP contribution in [0.4, 0.5) is 51.2 Å². The smallest absolute Gasteiger partial charge is 0.0493 e. The lowest BCUT2D eigenvalue weighted by molar-refractivity contribution is 0.919. The van der Waals surface area contributed by atoms with Crippen LogP contribution in [0.25, 0.3) is 33.4 Å². The second-order valence-corrected chi connectivity index (χ2v) is 19.9. The van der Waals surface area contributed by atoms with Crippen LogP contribution in [0.2, 0.25) is 0 Å². The van der Waals surface area contributed by atoms with Crippen molar-refractivity contribution in [1.29, 1.82) is 0 Å². The molecule has 0 fully saturated rings. The summed E-state index contributed by atoms with van der Waals surface area (Å²) in [5, 5.41) is 0. The molecule has 0 bridgehead atoms. The number of para-hydroxylation sites is 6. The van der Waals surface area contributed by atoms with E-state index in [0.717, 1.165) is 72.3 Å². The summed E-state index contributed by atoms with van der Waals surface area (Å²) in [6.07, 6.45) is 6.28. The fourth-order valence-electron chi connectivity index (χ4n) is 10.8. The van der Waals surface area contributed by atoms with Gasteiger partial charge in [0, 0.05) is 51.2 Å². The number of nitrogens with zero attached hydrogens (tertiary/aromatic N) is 3. The van der Waals surface area contributed by atoms with Crippen molar-refractivity contribution in [3.05, 3.63) is 270 Å². The van der Waals surface area contributed by atoms with Crippen LogP contribution in [0.15, 0.2) is 237 Å². The lowest BCUT2D eigenvalue weighted by Crippen LogP contribution is -2.13. The molecule has 0 N–H and O–H groups in total. The van der Waals surface area contributed by atoms with Gasteiger partial charge in [0.15, 0.2) is 0 Å². The van der Waals surface area contributed by atoms with E-state index in [0.29, 0.717) is 0 Å². The molecule has 0 aromatic heterocycles. The van der Waals surface area contributed by atoms with Gasteiger partial charge in [-0.3, -0.25) is 0 Å². The van der Waals surface area contributed by atoms with Gasteiger partial charge >= 0.3 is 0 Å². The normalized spacial score (nSPS) is 11.1. The van der Waals surface area contributed by atoms with Crippen molar-refractivity contribution in [1.82, 2.24) is 0 Å². The van der Waals surface area contributed by atoms with Crippen LogP contribution in [0.5, 0.6) is 0 Å². The molecular formula is C72H69N3. The minimum atomic E-state index is 1.01. The average Bonchev–Trinajstić information content (AvgIpc) is 3.45. The van der Waals surface area contributed by atoms with Crippen LogP contribution in [0, 0.1) is 20.8 Å². The van der Waals surface area contributed by atoms with Gasteiger partial charge < -0.3 is 14.7 Å². The largest absolute Gasteiger partial charge is 0.310 e. The van der Waals surface area contributed by atoms with E-state index in [1.165, 1.54) is 84.2 Å². The summed E-state index contributed by atoms with van der Waals surface area (Å²) in [7, 11) is 0. The molecule has 0 amide bonds. The first-order valence-corrected chi connectivity index (χ1v) is 27.1. The predicted octanol–water partition coefficient (Wildman–Crippen LogP) is 20.9. The second-order valence-electron chi connectivity index (χ2n) is 19.9. The highest BCUT2D eigenvalue weighted by Gasteiger charge is 2.21. The van der Waals surface area contributed by atoms with E-state index in [-0.39, 0.29) is 0 Å². The first-order chi connectivity index (χ1) is 36.8. The van der Waals surface area contributed by atoms with Gasteiger partial charge in [-0.1, -0.05) is 186 Å². The Kier molecular flexibility index (Phi) is 15.5. The van der Waals surface area contributed by atoms with Crippen molar-refractivity contribution in [2.45, 2.75) is 80.1 Å². The van der Waals surface area contributed by atoms with E-state index in [1.54, 1.807) is 0 Å². The molecule has 0 saturated heterocycles. The molecule has 0 unspecified atom stereocenters. The summed E-state index contributed by atoms with van der Waals surface area (Å²) in [6, 6.07) is 87.6. The molecule has 0 atom stereocenters. The zero-order valence-corrected chi connectivity index (χ0v) is 44.6. The maximum Gasteiger partial charge on any atom is 0.0493 e. The average molecular weight is 976 g/mol. The SMILES string of the molecule is CCCc1ccccc1N(c1ccc(-c2cc(-c3ccc(N(c4ccccc4C)c4ccccc4CCC)cc3)cc(-c3ccc(N(c4ccccc4C)c4ccccc4CCC)cc3)c2)cc1)c1ccccc1C. The predicted molar refractivity (Wildman–Crippen MR) is 323 cm³/mol. The Morgan fingerprint density at radius 3 is 0.707 bits per heavy atom. The fraction of sp³-hybridized carbons (Fsp3) is 0.167. The van der Waals surface area contributed by atoms with E-state index in [9.17, 15) is 0 Å². The van der Waals surface area contributed by atoms with Crippen LogP contribution < -0.4 is 14.7 Å². The third-order valence-electron chi connectivity index (χ3n) is 14.6. The van der Waals surface area contributed by atoms with Crippen molar-refractivity contribution >= 4 is 51.2 Å². The molecule has 3 nitrogen and oxygen atoms in total. The summed E-state index contributed by atoms with van der Waals surface area (Å²) >= 11 is 0. The number of hydrogen-bond donors (Lipinski definition) is 0. The molecule has 0 aliphatic rings. The van der Waals surface area contributed by atoms with Gasteiger partial charge in [-0.2, -0.15) is 0 Å². The Balaban J connectivity index is 1.09. The third kappa shape index (κ3) is 10.8. The quantitative estimate of drug-likeness (QED) is 0.0848. The zero-order chi connectivity index (χ0) is 51.7. The molecule has 10 rings (SSSR count). The maximum absolute atomic E-state index is 2.44. The van der Waals surface area contributed by atoms with Gasteiger partial charge in [-0.05, 0) is 198 Å². The van der Waals surface area contributed by atoms with Gasteiger partial charge in [0.05, 0.1) is 0 Å².